The summed E-state index contributed by atoms with van der Waals surface area (Å²) in [5.41, 5.74) is 7.02. The molecule has 1 amide bonds. The maximum atomic E-state index is 13.1. The van der Waals surface area contributed by atoms with E-state index in [0.29, 0.717) is 11.4 Å². The lowest BCUT2D eigenvalue weighted by molar-refractivity contribution is -0.115. The molecular formula is C15H15FN2O2. The fourth-order valence-corrected chi connectivity index (χ4v) is 1.85. The largest absolute Gasteiger partial charge is 0.496 e. The number of hydrogen-bond donors (Lipinski definition) is 2. The Morgan fingerprint density at radius 2 is 2.05 bits per heavy atom. The number of hydrogen-bond acceptors (Lipinski definition) is 3. The molecule has 2 aromatic rings. The molecule has 4 nitrogen and oxygen atoms in total. The van der Waals surface area contributed by atoms with E-state index in [1.54, 1.807) is 19.2 Å². The number of halogens is 1. The van der Waals surface area contributed by atoms with Crippen LogP contribution in [0.25, 0.3) is 0 Å². The molecule has 0 aliphatic heterocycles. The highest BCUT2D eigenvalue weighted by atomic mass is 19.1. The van der Waals surface area contributed by atoms with Crippen LogP contribution in [0.5, 0.6) is 5.75 Å². The predicted octanol–water partition coefficient (Wildman–Crippen LogP) is 2.60. The van der Waals surface area contributed by atoms with Gasteiger partial charge in [-0.25, -0.2) is 4.39 Å². The van der Waals surface area contributed by atoms with Gasteiger partial charge in [-0.2, -0.15) is 0 Å². The van der Waals surface area contributed by atoms with Gasteiger partial charge in [0.15, 0.2) is 0 Å². The van der Waals surface area contributed by atoms with E-state index < -0.39 is 5.82 Å². The maximum absolute atomic E-state index is 13.1. The Bertz CT molecular complexity index is 629. The Balaban J connectivity index is 2.11. The Labute approximate surface area is 116 Å². The van der Waals surface area contributed by atoms with Gasteiger partial charge < -0.3 is 15.8 Å². The highest BCUT2D eigenvalue weighted by Crippen LogP contribution is 2.21. The van der Waals surface area contributed by atoms with E-state index in [1.807, 2.05) is 12.1 Å². The molecule has 0 bridgehead atoms. The van der Waals surface area contributed by atoms with Crippen LogP contribution in [-0.2, 0) is 11.2 Å². The molecule has 0 radical (unpaired) electrons. The first-order valence-corrected chi connectivity index (χ1v) is 6.07. The number of para-hydroxylation sites is 1. The molecule has 0 heterocycles. The summed E-state index contributed by atoms with van der Waals surface area (Å²) >= 11 is 0. The first-order valence-electron chi connectivity index (χ1n) is 6.07. The van der Waals surface area contributed by atoms with Crippen LogP contribution >= 0.6 is 0 Å². The minimum atomic E-state index is -0.452. The van der Waals surface area contributed by atoms with E-state index >= 15 is 0 Å². The van der Waals surface area contributed by atoms with Crippen molar-refractivity contribution in [3.8, 4) is 5.75 Å². The van der Waals surface area contributed by atoms with Crippen LogP contribution in [0.3, 0.4) is 0 Å². The molecular weight excluding hydrogens is 259 g/mol. The monoisotopic (exact) mass is 274 g/mol. The lowest BCUT2D eigenvalue weighted by Crippen LogP contribution is -2.16. The van der Waals surface area contributed by atoms with E-state index in [4.69, 9.17) is 10.5 Å². The smallest absolute Gasteiger partial charge is 0.228 e. The quantitative estimate of drug-likeness (QED) is 0.842. The number of amides is 1. The van der Waals surface area contributed by atoms with E-state index in [2.05, 4.69) is 5.32 Å². The summed E-state index contributed by atoms with van der Waals surface area (Å²) in [6.07, 6.45) is 0.125. The van der Waals surface area contributed by atoms with Crippen LogP contribution in [0.1, 0.15) is 5.56 Å². The second-order valence-electron chi connectivity index (χ2n) is 4.27. The average molecular weight is 274 g/mol. The van der Waals surface area contributed by atoms with Gasteiger partial charge in [0.05, 0.1) is 24.9 Å². The van der Waals surface area contributed by atoms with Crippen molar-refractivity contribution >= 4 is 17.3 Å². The van der Waals surface area contributed by atoms with Crippen molar-refractivity contribution in [1.29, 1.82) is 0 Å². The van der Waals surface area contributed by atoms with Crippen LogP contribution in [0.4, 0.5) is 15.8 Å². The Kier molecular flexibility index (Phi) is 4.20. The second-order valence-corrected chi connectivity index (χ2v) is 4.27. The number of nitrogen functional groups attached to an aromatic ring is 1. The third-order valence-corrected chi connectivity index (χ3v) is 2.83. The minimum Gasteiger partial charge on any atom is -0.496 e. The van der Waals surface area contributed by atoms with Crippen LogP contribution in [-0.4, -0.2) is 13.0 Å². The molecule has 0 aromatic heterocycles. The summed E-state index contributed by atoms with van der Waals surface area (Å²) in [7, 11) is 1.54. The molecule has 0 aliphatic carbocycles. The van der Waals surface area contributed by atoms with Crippen LogP contribution in [0, 0.1) is 5.82 Å². The fraction of sp³-hybridized carbons (Fsp3) is 0.133. The molecule has 3 N–H and O–H groups in total. The van der Waals surface area contributed by atoms with Crippen molar-refractivity contribution in [1.82, 2.24) is 0 Å². The number of nitrogens with one attached hydrogen (secondary N) is 1. The molecule has 0 saturated carbocycles. The molecule has 0 atom stereocenters. The lowest BCUT2D eigenvalue weighted by atomic mass is 10.1. The summed E-state index contributed by atoms with van der Waals surface area (Å²) in [6.45, 7) is 0. The lowest BCUT2D eigenvalue weighted by Gasteiger charge is -2.10. The summed E-state index contributed by atoms with van der Waals surface area (Å²) in [4.78, 5) is 12.0. The number of carbonyl (C=O) groups excluding carboxylic acids is 1. The van der Waals surface area contributed by atoms with E-state index in [1.165, 1.54) is 18.2 Å². The van der Waals surface area contributed by atoms with Crippen LogP contribution in [0.15, 0.2) is 42.5 Å². The Morgan fingerprint density at radius 3 is 2.80 bits per heavy atom. The van der Waals surface area contributed by atoms with Gasteiger partial charge >= 0.3 is 0 Å². The van der Waals surface area contributed by atoms with E-state index in [9.17, 15) is 9.18 Å². The third kappa shape index (κ3) is 3.26. The number of carbonyl (C=O) groups is 1. The minimum absolute atomic E-state index is 0.125. The van der Waals surface area contributed by atoms with E-state index in [0.717, 1.165) is 5.56 Å². The first kappa shape index (κ1) is 13.9. The van der Waals surface area contributed by atoms with Gasteiger partial charge in [-0.1, -0.05) is 18.2 Å². The molecule has 0 spiro atoms. The first-order chi connectivity index (χ1) is 9.60. The van der Waals surface area contributed by atoms with E-state index in [-0.39, 0.29) is 18.0 Å². The van der Waals surface area contributed by atoms with Gasteiger partial charge in [0.2, 0.25) is 5.91 Å². The van der Waals surface area contributed by atoms with Crippen molar-refractivity contribution in [2.75, 3.05) is 18.2 Å². The van der Waals surface area contributed by atoms with Gasteiger partial charge in [-0.05, 0) is 24.3 Å². The molecule has 0 aliphatic rings. The van der Waals surface area contributed by atoms with Crippen molar-refractivity contribution in [2.24, 2.45) is 0 Å². The van der Waals surface area contributed by atoms with Gasteiger partial charge in [0.25, 0.3) is 0 Å². The number of nitrogens with two attached hydrogens (primary N) is 1. The third-order valence-electron chi connectivity index (χ3n) is 2.83. The highest BCUT2D eigenvalue weighted by molar-refractivity contribution is 5.95. The molecule has 5 heteroatoms. The van der Waals surface area contributed by atoms with Crippen molar-refractivity contribution in [3.63, 3.8) is 0 Å². The number of anilines is 2. The molecule has 20 heavy (non-hydrogen) atoms. The van der Waals surface area contributed by atoms with Gasteiger partial charge in [-0.3, -0.25) is 4.79 Å². The predicted molar refractivity (Wildman–Crippen MR) is 76.1 cm³/mol. The molecule has 0 unspecified atom stereocenters. The molecule has 0 saturated heterocycles. The zero-order valence-corrected chi connectivity index (χ0v) is 11.0. The standard InChI is InChI=1S/C15H15FN2O2/c1-20-14-5-3-2-4-10(14)8-15(19)18-13-9-11(16)6-7-12(13)17/h2-7,9H,8,17H2,1H3,(H,18,19). The average Bonchev–Trinajstić information content (AvgIpc) is 2.43. The molecule has 2 aromatic carbocycles. The Morgan fingerprint density at radius 1 is 1.30 bits per heavy atom. The van der Waals surface area contributed by atoms with Gasteiger partial charge in [0.1, 0.15) is 11.6 Å². The Hall–Kier alpha value is -2.56. The van der Waals surface area contributed by atoms with Crippen LogP contribution < -0.4 is 15.8 Å². The topological polar surface area (TPSA) is 64.3 Å². The zero-order chi connectivity index (χ0) is 14.5. The molecule has 0 fully saturated rings. The maximum Gasteiger partial charge on any atom is 0.228 e. The van der Waals surface area contributed by atoms with Crippen molar-refractivity contribution < 1.29 is 13.9 Å². The van der Waals surface area contributed by atoms with Crippen LogP contribution in [0.2, 0.25) is 0 Å². The number of benzene rings is 2. The van der Waals surface area contributed by atoms with Crippen molar-refractivity contribution in [3.05, 3.63) is 53.8 Å². The molecule has 104 valence electrons. The summed E-state index contributed by atoms with van der Waals surface area (Å²) in [5, 5.41) is 2.59. The zero-order valence-electron chi connectivity index (χ0n) is 11.0. The number of ether oxygens (including phenoxy) is 1. The summed E-state index contributed by atoms with van der Waals surface area (Å²) < 4.78 is 18.3. The second kappa shape index (κ2) is 6.06. The normalized spacial score (nSPS) is 10.1. The van der Waals surface area contributed by atoms with Gasteiger partial charge in [0, 0.05) is 5.56 Å². The van der Waals surface area contributed by atoms with Gasteiger partial charge in [-0.15, -0.1) is 0 Å². The number of methoxy groups -OCH3 is 1. The fourth-order valence-electron chi connectivity index (χ4n) is 1.85. The SMILES string of the molecule is COc1ccccc1CC(=O)Nc1cc(F)ccc1N. The summed E-state index contributed by atoms with van der Waals surface area (Å²) in [5.74, 6) is -0.103. The molecule has 2 rings (SSSR count). The van der Waals surface area contributed by atoms with Crippen molar-refractivity contribution in [2.45, 2.75) is 6.42 Å². The number of rotatable bonds is 4. The summed E-state index contributed by atoms with van der Waals surface area (Å²) in [6, 6.07) is 11.1. The highest BCUT2D eigenvalue weighted by Gasteiger charge is 2.10.